The molecule has 0 radical (unpaired) electrons. The third-order valence-corrected chi connectivity index (χ3v) is 1.16. The van der Waals surface area contributed by atoms with Crippen molar-refractivity contribution < 1.29 is 19.1 Å². The van der Waals surface area contributed by atoms with Crippen molar-refractivity contribution in [3.63, 3.8) is 0 Å². The van der Waals surface area contributed by atoms with Gasteiger partial charge in [-0.25, -0.2) is 0 Å². The molecule has 6 nitrogen and oxygen atoms in total. The summed E-state index contributed by atoms with van der Waals surface area (Å²) >= 11 is 0. The first-order valence-electron chi connectivity index (χ1n) is 3.10. The number of aromatic nitrogens is 2. The van der Waals surface area contributed by atoms with Crippen molar-refractivity contribution in [3.8, 4) is 5.88 Å². The highest BCUT2D eigenvalue weighted by atomic mass is 16.7. The molecular formula is C5H9N2O4+. The predicted octanol–water partition coefficient (Wildman–Crippen LogP) is -0.798. The number of aliphatic hydroxyl groups excluding tert-OH is 1. The fraction of sp³-hybridized carbons (Fsp3) is 0.600. The molecule has 0 fully saturated rings. The first kappa shape index (κ1) is 7.80. The molecule has 2 N–H and O–H groups in total. The number of ether oxygens (including phenoxy) is 1. The Morgan fingerprint density at radius 2 is 2.55 bits per heavy atom. The van der Waals surface area contributed by atoms with Gasteiger partial charge >= 0.3 is 5.88 Å². The number of aliphatic hydroxyl groups is 1. The molecule has 0 saturated heterocycles. The second kappa shape index (κ2) is 3.20. The van der Waals surface area contributed by atoms with Gasteiger partial charge in [-0.1, -0.05) is 4.63 Å². The quantitative estimate of drug-likeness (QED) is 0.608. The Bertz CT molecular complexity index is 276. The van der Waals surface area contributed by atoms with Gasteiger partial charge in [-0.05, 0) is 10.1 Å². The maximum absolute atomic E-state index is 10.6. The maximum atomic E-state index is 10.6. The summed E-state index contributed by atoms with van der Waals surface area (Å²) < 4.78 is 9.51. The van der Waals surface area contributed by atoms with E-state index in [2.05, 4.69) is 9.79 Å². The minimum Gasteiger partial charge on any atom is -0.455 e. The van der Waals surface area contributed by atoms with Crippen molar-refractivity contribution in [1.29, 1.82) is 0 Å². The summed E-state index contributed by atoms with van der Waals surface area (Å²) in [4.78, 5) is 10.6. The van der Waals surface area contributed by atoms with Gasteiger partial charge in [-0.2, -0.15) is 0 Å². The lowest BCUT2D eigenvalue weighted by Crippen LogP contribution is -2.13. The van der Waals surface area contributed by atoms with Gasteiger partial charge in [0.25, 0.3) is 5.69 Å². The summed E-state index contributed by atoms with van der Waals surface area (Å²) in [6, 6.07) is 0. The number of rotatable bonds is 3. The largest absolute Gasteiger partial charge is 0.455 e. The van der Waals surface area contributed by atoms with Crippen molar-refractivity contribution >= 4 is 0 Å². The molecular weight excluding hydrogens is 152 g/mol. The molecule has 0 unspecified atom stereocenters. The van der Waals surface area contributed by atoms with Gasteiger partial charge in [0.15, 0.2) is 4.60 Å². The standard InChI is InChI=1S/C5H9N2O4/c1-4-5(10-3-2-8)6-11-7(4)9/h6,8H,2-3H2,1H3/q+1. The van der Waals surface area contributed by atoms with Crippen LogP contribution in [0.15, 0.2) is 4.63 Å². The van der Waals surface area contributed by atoms with Gasteiger partial charge in [0.05, 0.1) is 6.61 Å². The van der Waals surface area contributed by atoms with E-state index in [0.29, 0.717) is 10.3 Å². The molecule has 0 aromatic carbocycles. The van der Waals surface area contributed by atoms with E-state index in [1.165, 1.54) is 0 Å². The second-order valence-corrected chi connectivity index (χ2v) is 1.94. The number of hydrogen-bond donors (Lipinski definition) is 2. The van der Waals surface area contributed by atoms with E-state index < -0.39 is 0 Å². The molecule has 0 atom stereocenters. The summed E-state index contributed by atoms with van der Waals surface area (Å²) in [6.45, 7) is 1.58. The molecule has 1 aromatic heterocycles. The van der Waals surface area contributed by atoms with Crippen molar-refractivity contribution in [3.05, 3.63) is 10.6 Å². The summed E-state index contributed by atoms with van der Waals surface area (Å²) in [5.74, 6) is 0.244. The zero-order chi connectivity index (χ0) is 8.27. The van der Waals surface area contributed by atoms with Crippen LogP contribution in [0.3, 0.4) is 0 Å². The number of hydrogen-bond acceptors (Lipinski definition) is 4. The molecule has 1 aromatic rings. The molecule has 1 heterocycles. The van der Waals surface area contributed by atoms with Crippen LogP contribution in [0.4, 0.5) is 0 Å². The van der Waals surface area contributed by atoms with E-state index in [0.717, 1.165) is 0 Å². The van der Waals surface area contributed by atoms with E-state index in [9.17, 15) is 4.91 Å². The van der Waals surface area contributed by atoms with E-state index in [4.69, 9.17) is 9.84 Å². The molecule has 1 rings (SSSR count). The molecule has 62 valence electrons. The van der Waals surface area contributed by atoms with Crippen LogP contribution in [0.1, 0.15) is 5.69 Å². The molecule has 0 bridgehead atoms. The Labute approximate surface area is 61.9 Å². The highest BCUT2D eigenvalue weighted by Crippen LogP contribution is 2.06. The lowest BCUT2D eigenvalue weighted by Gasteiger charge is -1.92. The summed E-state index contributed by atoms with van der Waals surface area (Å²) in [7, 11) is 0. The smallest absolute Gasteiger partial charge is 0.370 e. The van der Waals surface area contributed by atoms with Crippen molar-refractivity contribution in [1.82, 2.24) is 5.16 Å². The fourth-order valence-corrected chi connectivity index (χ4v) is 0.590. The van der Waals surface area contributed by atoms with Gasteiger partial charge in [-0.3, -0.25) is 0 Å². The van der Waals surface area contributed by atoms with Gasteiger partial charge in [0.1, 0.15) is 6.61 Å². The third-order valence-electron chi connectivity index (χ3n) is 1.16. The van der Waals surface area contributed by atoms with Crippen LogP contribution in [0.2, 0.25) is 0 Å². The highest BCUT2D eigenvalue weighted by molar-refractivity contribution is 5.07. The van der Waals surface area contributed by atoms with Crippen LogP contribution >= 0.6 is 0 Å². The van der Waals surface area contributed by atoms with Crippen molar-refractivity contribution in [2.24, 2.45) is 0 Å². The highest BCUT2D eigenvalue weighted by Gasteiger charge is 2.15. The lowest BCUT2D eigenvalue weighted by atomic mass is 10.5. The summed E-state index contributed by atoms with van der Waals surface area (Å²) in [6.07, 6.45) is 0. The molecule has 0 aliphatic rings. The second-order valence-electron chi connectivity index (χ2n) is 1.94. The molecule has 0 saturated carbocycles. The van der Waals surface area contributed by atoms with Gasteiger partial charge in [-0.15, -0.1) is 0 Å². The average molecular weight is 161 g/mol. The first-order valence-corrected chi connectivity index (χ1v) is 3.10. The minimum absolute atomic E-state index is 0.0999. The van der Waals surface area contributed by atoms with Crippen LogP contribution in [-0.4, -0.2) is 23.5 Å². The van der Waals surface area contributed by atoms with Crippen LogP contribution in [0, 0.1) is 11.8 Å². The fourth-order valence-electron chi connectivity index (χ4n) is 0.590. The summed E-state index contributed by atoms with van der Waals surface area (Å²) in [5, 5.41) is 10.6. The summed E-state index contributed by atoms with van der Waals surface area (Å²) in [5.41, 5.74) is 0.304. The molecule has 6 heteroatoms. The Kier molecular flexibility index (Phi) is 2.27. The van der Waals surface area contributed by atoms with Crippen LogP contribution in [0.5, 0.6) is 5.88 Å². The molecule has 0 aliphatic carbocycles. The third kappa shape index (κ3) is 1.58. The van der Waals surface area contributed by atoms with E-state index in [-0.39, 0.29) is 19.1 Å². The Morgan fingerprint density at radius 3 is 3.00 bits per heavy atom. The lowest BCUT2D eigenvalue weighted by molar-refractivity contribution is -0.718. The number of nitrogens with one attached hydrogen (secondary N) is 1. The number of nitrogens with zero attached hydrogens (tertiary/aromatic N) is 1. The Morgan fingerprint density at radius 1 is 1.82 bits per heavy atom. The molecule has 0 aliphatic heterocycles. The van der Waals surface area contributed by atoms with Gasteiger partial charge < -0.3 is 9.84 Å². The monoisotopic (exact) mass is 161 g/mol. The van der Waals surface area contributed by atoms with Crippen LogP contribution < -0.4 is 9.34 Å². The van der Waals surface area contributed by atoms with Crippen LogP contribution in [-0.2, 0) is 0 Å². The zero-order valence-electron chi connectivity index (χ0n) is 6.03. The first-order chi connectivity index (χ1) is 5.25. The Hall–Kier alpha value is -1.30. The van der Waals surface area contributed by atoms with E-state index in [1.54, 1.807) is 6.92 Å². The molecule has 11 heavy (non-hydrogen) atoms. The number of aromatic amines is 1. The Balaban J connectivity index is 2.71. The van der Waals surface area contributed by atoms with Crippen molar-refractivity contribution in [2.75, 3.05) is 13.2 Å². The van der Waals surface area contributed by atoms with Crippen molar-refractivity contribution in [2.45, 2.75) is 6.92 Å². The van der Waals surface area contributed by atoms with Gasteiger partial charge in [0.2, 0.25) is 0 Å². The average Bonchev–Trinajstić information content (AvgIpc) is 2.31. The normalized spacial score (nSPS) is 10.0. The minimum atomic E-state index is -0.0999. The SMILES string of the molecule is Cc1c(OCCO)[nH]o[n+]1=O. The van der Waals surface area contributed by atoms with Gasteiger partial charge in [0, 0.05) is 6.92 Å². The van der Waals surface area contributed by atoms with E-state index in [1.807, 2.05) is 0 Å². The molecule has 0 amide bonds. The van der Waals surface area contributed by atoms with E-state index >= 15 is 0 Å². The number of H-pyrrole nitrogens is 1. The zero-order valence-corrected chi connectivity index (χ0v) is 6.03. The predicted molar refractivity (Wildman–Crippen MR) is 33.7 cm³/mol. The molecule has 0 spiro atoms. The topological polar surface area (TPSA) is 81.4 Å². The maximum Gasteiger partial charge on any atom is 0.370 e. The van der Waals surface area contributed by atoms with Crippen LogP contribution in [0.25, 0.3) is 0 Å².